The van der Waals surface area contributed by atoms with E-state index in [0.29, 0.717) is 5.06 Å². The predicted molar refractivity (Wildman–Crippen MR) is 47.6 cm³/mol. The molecule has 7 heteroatoms. The number of hydrazone groups is 1. The van der Waals surface area contributed by atoms with E-state index in [9.17, 15) is 10.4 Å². The van der Waals surface area contributed by atoms with Gasteiger partial charge >= 0.3 is 0 Å². The van der Waals surface area contributed by atoms with Crippen LogP contribution in [0.1, 0.15) is 0 Å². The summed E-state index contributed by atoms with van der Waals surface area (Å²) in [6, 6.07) is 1.40. The topological polar surface area (TPSA) is 104 Å². The number of nitrogens with two attached hydrogens (primary N) is 1. The van der Waals surface area contributed by atoms with Gasteiger partial charge < -0.3 is 26.4 Å². The fourth-order valence-corrected chi connectivity index (χ4v) is 1.01. The van der Waals surface area contributed by atoms with E-state index in [-0.39, 0.29) is 22.5 Å². The number of pyridine rings is 1. The first-order valence-electron chi connectivity index (χ1n) is 3.43. The van der Waals surface area contributed by atoms with Crippen LogP contribution < -0.4 is 16.0 Å². The molecule has 1 aromatic heterocycles. The van der Waals surface area contributed by atoms with E-state index < -0.39 is 0 Å². The van der Waals surface area contributed by atoms with Crippen molar-refractivity contribution in [2.45, 2.75) is 0 Å². The number of hydrogen-bond acceptors (Lipinski definition) is 7. The molecule has 7 nitrogen and oxygen atoms in total. The maximum Gasteiger partial charge on any atom is 0.207 e. The number of anilines is 2. The van der Waals surface area contributed by atoms with Crippen molar-refractivity contribution in [2.24, 2.45) is 10.8 Å². The number of rotatable bonds is 0. The molecule has 2 heterocycles. The molecule has 0 aliphatic carbocycles. The Balaban J connectivity index is 2.55. The molecule has 0 atom stereocenters. The van der Waals surface area contributed by atoms with Crippen LogP contribution in [0.2, 0.25) is 0 Å². The van der Waals surface area contributed by atoms with Gasteiger partial charge in [0.05, 0.1) is 17.6 Å². The molecule has 1 aliphatic rings. The molecule has 0 spiro atoms. The molecule has 1 aromatic rings. The zero-order valence-corrected chi connectivity index (χ0v) is 6.41. The molecule has 0 fully saturated rings. The standard InChI is InChI=1S/C6H5N5O2/c7-6-9-11(13)5-3-8-2-1-4(5)10(6)12/h1-3H,(H2,7,9)/q-2. The van der Waals surface area contributed by atoms with Gasteiger partial charge in [0.1, 0.15) is 0 Å². The second kappa shape index (κ2) is 2.57. The third-order valence-corrected chi connectivity index (χ3v) is 1.60. The van der Waals surface area contributed by atoms with E-state index in [0.717, 1.165) is 0 Å². The molecule has 0 aromatic carbocycles. The number of hydroxylamine groups is 1. The van der Waals surface area contributed by atoms with Crippen molar-refractivity contribution in [1.82, 2.24) is 4.98 Å². The molecule has 0 unspecified atom stereocenters. The maximum absolute atomic E-state index is 11.2. The van der Waals surface area contributed by atoms with Gasteiger partial charge in [0.15, 0.2) is 0 Å². The van der Waals surface area contributed by atoms with Crippen LogP contribution in [0.15, 0.2) is 23.6 Å². The molecule has 68 valence electrons. The zero-order valence-electron chi connectivity index (χ0n) is 6.41. The molecule has 0 saturated heterocycles. The third-order valence-electron chi connectivity index (χ3n) is 1.60. The zero-order chi connectivity index (χ0) is 9.42. The Kier molecular flexibility index (Phi) is 1.54. The lowest BCUT2D eigenvalue weighted by Crippen LogP contribution is -2.38. The van der Waals surface area contributed by atoms with Crippen molar-refractivity contribution >= 4 is 17.3 Å². The lowest BCUT2D eigenvalue weighted by Gasteiger charge is -2.40. The Labute approximate surface area is 73.2 Å². The van der Waals surface area contributed by atoms with Crippen LogP contribution in [0, 0.1) is 10.4 Å². The molecule has 13 heavy (non-hydrogen) atoms. The molecular formula is C6H5N5O2-2. The third kappa shape index (κ3) is 1.06. The highest BCUT2D eigenvalue weighted by Gasteiger charge is 2.12. The van der Waals surface area contributed by atoms with Gasteiger partial charge in [-0.25, -0.2) is 0 Å². The fourth-order valence-electron chi connectivity index (χ4n) is 1.01. The van der Waals surface area contributed by atoms with E-state index in [1.54, 1.807) is 0 Å². The Morgan fingerprint density at radius 3 is 2.85 bits per heavy atom. The molecule has 1 aliphatic heterocycles. The van der Waals surface area contributed by atoms with Gasteiger partial charge in [0.2, 0.25) is 5.96 Å². The Morgan fingerprint density at radius 1 is 1.31 bits per heavy atom. The van der Waals surface area contributed by atoms with Gasteiger partial charge in [0.25, 0.3) is 0 Å². The summed E-state index contributed by atoms with van der Waals surface area (Å²) in [5.74, 6) is -0.381. The minimum absolute atomic E-state index is 0.0895. The Morgan fingerprint density at radius 2 is 2.08 bits per heavy atom. The van der Waals surface area contributed by atoms with E-state index in [1.165, 1.54) is 18.5 Å². The summed E-state index contributed by atoms with van der Waals surface area (Å²) in [4.78, 5) is 3.69. The van der Waals surface area contributed by atoms with Crippen LogP contribution in [0.5, 0.6) is 0 Å². The van der Waals surface area contributed by atoms with E-state index in [1.807, 2.05) is 0 Å². The number of hydrogen-bond donors (Lipinski definition) is 1. The highest BCUT2D eigenvalue weighted by molar-refractivity contribution is 6.01. The smallest absolute Gasteiger partial charge is 0.207 e. The second-order valence-electron chi connectivity index (χ2n) is 2.39. The van der Waals surface area contributed by atoms with Crippen LogP contribution in [-0.2, 0) is 0 Å². The van der Waals surface area contributed by atoms with Crippen molar-refractivity contribution in [3.63, 3.8) is 0 Å². The maximum atomic E-state index is 11.2. The fraction of sp³-hybridized carbons (Fsp3) is 0. The van der Waals surface area contributed by atoms with Gasteiger partial charge in [-0.2, -0.15) is 0 Å². The van der Waals surface area contributed by atoms with Crippen molar-refractivity contribution in [3.05, 3.63) is 28.9 Å². The van der Waals surface area contributed by atoms with Crippen molar-refractivity contribution in [1.29, 1.82) is 0 Å². The van der Waals surface area contributed by atoms with E-state index in [2.05, 4.69) is 10.1 Å². The summed E-state index contributed by atoms with van der Waals surface area (Å²) in [6.45, 7) is 0. The molecular weight excluding hydrogens is 174 g/mol. The molecule has 0 amide bonds. The van der Waals surface area contributed by atoms with Gasteiger partial charge in [-0.1, -0.05) is 0 Å². The number of fused-ring (bicyclic) bond motifs is 1. The van der Waals surface area contributed by atoms with Crippen LogP contribution in [0.25, 0.3) is 0 Å². The summed E-state index contributed by atoms with van der Waals surface area (Å²) < 4.78 is 0. The van der Waals surface area contributed by atoms with Crippen LogP contribution in [0.3, 0.4) is 0 Å². The first-order chi connectivity index (χ1) is 6.20. The first-order valence-corrected chi connectivity index (χ1v) is 3.43. The molecule has 0 bridgehead atoms. The summed E-state index contributed by atoms with van der Waals surface area (Å²) in [5.41, 5.74) is 5.42. The highest BCUT2D eigenvalue weighted by atomic mass is 16.5. The van der Waals surface area contributed by atoms with Crippen molar-refractivity contribution in [2.75, 3.05) is 10.2 Å². The van der Waals surface area contributed by atoms with Crippen LogP contribution in [0.4, 0.5) is 11.4 Å². The average Bonchev–Trinajstić information content (AvgIpc) is 2.15. The van der Waals surface area contributed by atoms with Gasteiger partial charge in [-0.3, -0.25) is 4.98 Å². The lowest BCUT2D eigenvalue weighted by atomic mass is 10.3. The SMILES string of the molecule is NC1=NN([O-])c2cnccc2N1[O-]. The van der Waals surface area contributed by atoms with Crippen molar-refractivity contribution in [3.8, 4) is 0 Å². The summed E-state index contributed by atoms with van der Waals surface area (Å²) >= 11 is 0. The van der Waals surface area contributed by atoms with Crippen LogP contribution >= 0.6 is 0 Å². The Hall–Kier alpha value is -1.86. The first kappa shape index (κ1) is 7.77. The minimum Gasteiger partial charge on any atom is -0.752 e. The molecule has 0 radical (unpaired) electrons. The number of aromatic nitrogens is 1. The van der Waals surface area contributed by atoms with E-state index >= 15 is 0 Å². The van der Waals surface area contributed by atoms with Crippen molar-refractivity contribution < 1.29 is 0 Å². The minimum atomic E-state index is -0.381. The van der Waals surface area contributed by atoms with E-state index in [4.69, 9.17) is 5.73 Å². The summed E-state index contributed by atoms with van der Waals surface area (Å²) in [7, 11) is 0. The monoisotopic (exact) mass is 179 g/mol. The number of nitrogens with zero attached hydrogens (tertiary/aromatic N) is 4. The average molecular weight is 179 g/mol. The lowest BCUT2D eigenvalue weighted by molar-refractivity contribution is 1.01. The highest BCUT2D eigenvalue weighted by Crippen LogP contribution is 2.30. The normalized spacial score (nSPS) is 15.4. The molecule has 0 saturated carbocycles. The quantitative estimate of drug-likeness (QED) is 0.597. The number of guanidine groups is 1. The molecule has 2 N–H and O–H groups in total. The molecule has 2 rings (SSSR count). The Bertz CT molecular complexity index is 366. The van der Waals surface area contributed by atoms with Crippen LogP contribution in [-0.4, -0.2) is 10.9 Å². The largest absolute Gasteiger partial charge is 0.752 e. The predicted octanol–water partition coefficient (Wildman–Crippen LogP) is -0.0667. The summed E-state index contributed by atoms with van der Waals surface area (Å²) in [5, 5.41) is 26.2. The second-order valence-corrected chi connectivity index (χ2v) is 2.39. The van der Waals surface area contributed by atoms with Gasteiger partial charge in [-0.05, 0) is 6.07 Å². The van der Waals surface area contributed by atoms with Gasteiger partial charge in [-0.15, -0.1) is 5.10 Å². The summed E-state index contributed by atoms with van der Waals surface area (Å²) in [6.07, 6.45) is 2.65. The van der Waals surface area contributed by atoms with Gasteiger partial charge in [0, 0.05) is 6.20 Å².